The highest BCUT2D eigenvalue weighted by Crippen LogP contribution is 2.14. The molecule has 2 heterocycles. The van der Waals surface area contributed by atoms with Gasteiger partial charge in [-0.25, -0.2) is 0 Å². The molecular weight excluding hydrogens is 274 g/mol. The number of nitrogens with zero attached hydrogens (tertiary/aromatic N) is 2. The number of carbonyl (C=O) groups is 1. The second kappa shape index (κ2) is 6.85. The Bertz CT molecular complexity index is 453. The first kappa shape index (κ1) is 15.0. The van der Waals surface area contributed by atoms with Gasteiger partial charge in [-0.2, -0.15) is 0 Å². The fourth-order valence-corrected chi connectivity index (χ4v) is 2.85. The minimum Gasteiger partial charge on any atom is -0.472 e. The predicted octanol–water partition coefficient (Wildman–Crippen LogP) is 1.49. The van der Waals surface area contributed by atoms with Gasteiger partial charge in [0.15, 0.2) is 0 Å². The molecule has 1 unspecified atom stereocenters. The zero-order valence-corrected chi connectivity index (χ0v) is 12.6. The first-order chi connectivity index (χ1) is 9.63. The van der Waals surface area contributed by atoms with Crippen LogP contribution in [0.5, 0.6) is 0 Å². The molecule has 1 aliphatic heterocycles. The van der Waals surface area contributed by atoms with Crippen molar-refractivity contribution >= 4 is 23.1 Å². The van der Waals surface area contributed by atoms with E-state index in [0.29, 0.717) is 23.6 Å². The number of rotatable bonds is 5. The number of nitrogens with two attached hydrogens (primary N) is 1. The lowest BCUT2D eigenvalue weighted by Gasteiger charge is -2.38. The molecule has 5 nitrogen and oxygen atoms in total. The third-order valence-corrected chi connectivity index (χ3v) is 3.97. The molecule has 6 heteroatoms. The zero-order chi connectivity index (χ0) is 14.5. The lowest BCUT2D eigenvalue weighted by atomic mass is 10.1. The standard InChI is InChI=1S/C14H21N3O2S/c1-2-3-12(13(15)20)16-5-7-17(8-6-16)14(18)11-4-9-19-10-11/h4,9-10,12H,2-3,5-8H2,1H3,(H2,15,20). The van der Waals surface area contributed by atoms with E-state index in [1.165, 1.54) is 12.5 Å². The summed E-state index contributed by atoms with van der Waals surface area (Å²) in [6.07, 6.45) is 5.04. The van der Waals surface area contributed by atoms with E-state index in [0.717, 1.165) is 25.9 Å². The predicted molar refractivity (Wildman–Crippen MR) is 81.7 cm³/mol. The van der Waals surface area contributed by atoms with Crippen molar-refractivity contribution in [2.75, 3.05) is 26.2 Å². The van der Waals surface area contributed by atoms with Crippen LogP contribution >= 0.6 is 12.2 Å². The molecule has 1 atom stereocenters. The number of carbonyl (C=O) groups excluding carboxylic acids is 1. The molecule has 2 rings (SSSR count). The van der Waals surface area contributed by atoms with Crippen LogP contribution in [0.15, 0.2) is 23.0 Å². The second-order valence-electron chi connectivity index (χ2n) is 5.05. The van der Waals surface area contributed by atoms with Crippen LogP contribution in [0.25, 0.3) is 0 Å². The lowest BCUT2D eigenvalue weighted by Crippen LogP contribution is -2.54. The third kappa shape index (κ3) is 3.37. The Kier molecular flexibility index (Phi) is 5.14. The van der Waals surface area contributed by atoms with Gasteiger partial charge in [0.05, 0.1) is 22.9 Å². The van der Waals surface area contributed by atoms with Crippen LogP contribution in [-0.4, -0.2) is 52.9 Å². The van der Waals surface area contributed by atoms with Gasteiger partial charge in [0.25, 0.3) is 5.91 Å². The van der Waals surface area contributed by atoms with Crippen LogP contribution in [-0.2, 0) is 0 Å². The first-order valence-corrected chi connectivity index (χ1v) is 7.39. The average molecular weight is 295 g/mol. The van der Waals surface area contributed by atoms with Crippen molar-refractivity contribution in [1.29, 1.82) is 0 Å². The Morgan fingerprint density at radius 2 is 2.15 bits per heavy atom. The molecule has 20 heavy (non-hydrogen) atoms. The summed E-state index contributed by atoms with van der Waals surface area (Å²) in [5.41, 5.74) is 6.43. The van der Waals surface area contributed by atoms with Gasteiger partial charge >= 0.3 is 0 Å². The number of hydrogen-bond acceptors (Lipinski definition) is 4. The molecule has 1 aromatic rings. The second-order valence-corrected chi connectivity index (χ2v) is 5.52. The Balaban J connectivity index is 1.91. The third-order valence-electron chi connectivity index (χ3n) is 3.70. The minimum absolute atomic E-state index is 0.0285. The van der Waals surface area contributed by atoms with E-state index in [1.807, 2.05) is 4.90 Å². The minimum atomic E-state index is 0.0285. The van der Waals surface area contributed by atoms with Gasteiger partial charge in [-0.3, -0.25) is 9.69 Å². The van der Waals surface area contributed by atoms with Gasteiger partial charge in [0.2, 0.25) is 0 Å². The van der Waals surface area contributed by atoms with Gasteiger partial charge in [-0.15, -0.1) is 0 Å². The number of furan rings is 1. The molecule has 0 aliphatic carbocycles. The molecule has 0 aromatic carbocycles. The van der Waals surface area contributed by atoms with Crippen LogP contribution in [0.1, 0.15) is 30.1 Å². The average Bonchev–Trinajstić information content (AvgIpc) is 2.98. The normalized spacial score (nSPS) is 17.9. The van der Waals surface area contributed by atoms with E-state index in [-0.39, 0.29) is 11.9 Å². The van der Waals surface area contributed by atoms with E-state index in [4.69, 9.17) is 22.4 Å². The lowest BCUT2D eigenvalue weighted by molar-refractivity contribution is 0.0608. The SMILES string of the molecule is CCCC(C(N)=S)N1CCN(C(=O)c2ccoc2)CC1. The molecule has 0 saturated carbocycles. The highest BCUT2D eigenvalue weighted by Gasteiger charge is 2.27. The number of thiocarbonyl (C=S) groups is 1. The van der Waals surface area contributed by atoms with E-state index >= 15 is 0 Å². The molecule has 1 amide bonds. The largest absolute Gasteiger partial charge is 0.472 e. The zero-order valence-electron chi connectivity index (χ0n) is 11.7. The molecule has 0 radical (unpaired) electrons. The van der Waals surface area contributed by atoms with Crippen molar-refractivity contribution < 1.29 is 9.21 Å². The maximum atomic E-state index is 12.2. The van der Waals surface area contributed by atoms with Crippen LogP contribution in [0.4, 0.5) is 0 Å². The summed E-state index contributed by atoms with van der Waals surface area (Å²) in [7, 11) is 0. The summed E-state index contributed by atoms with van der Waals surface area (Å²) in [4.78, 5) is 16.9. The van der Waals surface area contributed by atoms with E-state index < -0.39 is 0 Å². The van der Waals surface area contributed by atoms with E-state index in [1.54, 1.807) is 6.07 Å². The fourth-order valence-electron chi connectivity index (χ4n) is 2.58. The van der Waals surface area contributed by atoms with Crippen molar-refractivity contribution in [3.05, 3.63) is 24.2 Å². The summed E-state index contributed by atoms with van der Waals surface area (Å²) in [6.45, 7) is 5.15. The summed E-state index contributed by atoms with van der Waals surface area (Å²) in [5, 5.41) is 0. The molecule has 1 aliphatic rings. The smallest absolute Gasteiger partial charge is 0.257 e. The first-order valence-electron chi connectivity index (χ1n) is 6.98. The van der Waals surface area contributed by atoms with Crippen molar-refractivity contribution in [3.63, 3.8) is 0 Å². The summed E-state index contributed by atoms with van der Waals surface area (Å²) in [5.74, 6) is 0.0285. The summed E-state index contributed by atoms with van der Waals surface area (Å²) >= 11 is 5.15. The van der Waals surface area contributed by atoms with E-state index in [9.17, 15) is 4.79 Å². The van der Waals surface area contributed by atoms with Crippen LogP contribution in [0, 0.1) is 0 Å². The van der Waals surface area contributed by atoms with Gasteiger partial charge in [0.1, 0.15) is 6.26 Å². The number of piperazine rings is 1. The molecule has 2 N–H and O–H groups in total. The molecule has 1 aromatic heterocycles. The van der Waals surface area contributed by atoms with Crippen molar-refractivity contribution in [2.45, 2.75) is 25.8 Å². The van der Waals surface area contributed by atoms with E-state index in [2.05, 4.69) is 11.8 Å². The van der Waals surface area contributed by atoms with Gasteiger partial charge in [-0.05, 0) is 12.5 Å². The monoisotopic (exact) mass is 295 g/mol. The van der Waals surface area contributed by atoms with Crippen LogP contribution in [0.2, 0.25) is 0 Å². The van der Waals surface area contributed by atoms with Gasteiger partial charge in [-0.1, -0.05) is 25.6 Å². The molecular formula is C14H21N3O2S. The number of hydrogen-bond donors (Lipinski definition) is 1. The fraction of sp³-hybridized carbons (Fsp3) is 0.571. The molecule has 1 saturated heterocycles. The number of amides is 1. The van der Waals surface area contributed by atoms with Crippen molar-refractivity contribution in [1.82, 2.24) is 9.80 Å². The summed E-state index contributed by atoms with van der Waals surface area (Å²) in [6, 6.07) is 1.85. The maximum Gasteiger partial charge on any atom is 0.257 e. The van der Waals surface area contributed by atoms with Crippen molar-refractivity contribution in [3.8, 4) is 0 Å². The quantitative estimate of drug-likeness (QED) is 0.834. The molecule has 1 fully saturated rings. The molecule has 0 bridgehead atoms. The van der Waals surface area contributed by atoms with Crippen LogP contribution in [0.3, 0.4) is 0 Å². The Labute approximate surface area is 124 Å². The maximum absolute atomic E-state index is 12.2. The highest BCUT2D eigenvalue weighted by atomic mass is 32.1. The van der Waals surface area contributed by atoms with Crippen molar-refractivity contribution in [2.24, 2.45) is 5.73 Å². The highest BCUT2D eigenvalue weighted by molar-refractivity contribution is 7.80. The summed E-state index contributed by atoms with van der Waals surface area (Å²) < 4.78 is 4.96. The van der Waals surface area contributed by atoms with Gasteiger partial charge in [0, 0.05) is 26.2 Å². The Morgan fingerprint density at radius 1 is 1.45 bits per heavy atom. The Hall–Kier alpha value is -1.40. The van der Waals surface area contributed by atoms with Crippen LogP contribution < -0.4 is 5.73 Å². The molecule has 110 valence electrons. The molecule has 0 spiro atoms. The van der Waals surface area contributed by atoms with Gasteiger partial charge < -0.3 is 15.1 Å². The Morgan fingerprint density at radius 3 is 2.65 bits per heavy atom. The topological polar surface area (TPSA) is 62.7 Å².